The summed E-state index contributed by atoms with van der Waals surface area (Å²) in [7, 11) is -3.80. The van der Waals surface area contributed by atoms with E-state index in [1.165, 1.54) is 4.90 Å². The Morgan fingerprint density at radius 3 is 2.27 bits per heavy atom. The van der Waals surface area contributed by atoms with E-state index >= 15 is 0 Å². The largest absolute Gasteiger partial charge is 0.352 e. The third-order valence-corrected chi connectivity index (χ3v) is 7.09. The van der Waals surface area contributed by atoms with Gasteiger partial charge in [0.15, 0.2) is 0 Å². The maximum atomic E-state index is 13.5. The Morgan fingerprint density at radius 2 is 1.70 bits per heavy atom. The minimum atomic E-state index is -3.80. The predicted octanol–water partition coefficient (Wildman–Crippen LogP) is 3.75. The van der Waals surface area contributed by atoms with E-state index in [1.54, 1.807) is 32.0 Å². The average molecular weight is 494 g/mol. The summed E-state index contributed by atoms with van der Waals surface area (Å²) >= 11 is 6.20. The second-order valence-corrected chi connectivity index (χ2v) is 10.5. The molecule has 33 heavy (non-hydrogen) atoms. The SMILES string of the molecule is CC[C@@H](C)NC(=O)[C@@H](C)N(Cc1ccccc1)C(=O)CN(c1cccc(Cl)c1C)S(C)(=O)=O. The number of sulfonamides is 1. The molecule has 2 aromatic carbocycles. The number of halogens is 1. The molecule has 9 heteroatoms. The van der Waals surface area contributed by atoms with Crippen LogP contribution < -0.4 is 9.62 Å². The van der Waals surface area contributed by atoms with Crippen LogP contribution in [0.15, 0.2) is 48.5 Å². The molecule has 0 heterocycles. The van der Waals surface area contributed by atoms with E-state index in [-0.39, 0.29) is 18.5 Å². The van der Waals surface area contributed by atoms with Crippen LogP contribution in [-0.2, 0) is 26.2 Å². The van der Waals surface area contributed by atoms with Crippen molar-refractivity contribution < 1.29 is 18.0 Å². The van der Waals surface area contributed by atoms with Crippen LogP contribution in [0.1, 0.15) is 38.3 Å². The van der Waals surface area contributed by atoms with Gasteiger partial charge in [-0.3, -0.25) is 13.9 Å². The lowest BCUT2D eigenvalue weighted by molar-refractivity contribution is -0.139. The summed E-state index contributed by atoms with van der Waals surface area (Å²) in [6.07, 6.45) is 1.79. The van der Waals surface area contributed by atoms with Crippen LogP contribution in [0.5, 0.6) is 0 Å². The molecule has 0 saturated heterocycles. The van der Waals surface area contributed by atoms with Crippen LogP contribution in [0.3, 0.4) is 0 Å². The van der Waals surface area contributed by atoms with Gasteiger partial charge in [-0.1, -0.05) is 54.9 Å². The quantitative estimate of drug-likeness (QED) is 0.546. The number of nitrogens with one attached hydrogen (secondary N) is 1. The van der Waals surface area contributed by atoms with Gasteiger partial charge in [-0.25, -0.2) is 8.42 Å². The molecule has 0 spiro atoms. The third-order valence-electron chi connectivity index (χ3n) is 5.55. The second kappa shape index (κ2) is 11.5. The molecule has 0 fully saturated rings. The lowest BCUT2D eigenvalue weighted by Gasteiger charge is -2.32. The number of rotatable bonds is 10. The Morgan fingerprint density at radius 1 is 1.06 bits per heavy atom. The first-order chi connectivity index (χ1) is 15.5. The third kappa shape index (κ3) is 7.20. The van der Waals surface area contributed by atoms with Crippen LogP contribution in [0.25, 0.3) is 0 Å². The fraction of sp³-hybridized carbons (Fsp3) is 0.417. The monoisotopic (exact) mass is 493 g/mol. The first kappa shape index (κ1) is 26.7. The van der Waals surface area contributed by atoms with Crippen molar-refractivity contribution in [2.24, 2.45) is 0 Å². The Balaban J connectivity index is 2.40. The summed E-state index contributed by atoms with van der Waals surface area (Å²) in [5, 5.41) is 3.30. The first-order valence-electron chi connectivity index (χ1n) is 10.8. The molecule has 0 radical (unpaired) electrons. The molecule has 2 rings (SSSR count). The van der Waals surface area contributed by atoms with Crippen LogP contribution in [0.4, 0.5) is 5.69 Å². The maximum Gasteiger partial charge on any atom is 0.244 e. The van der Waals surface area contributed by atoms with Crippen LogP contribution >= 0.6 is 11.6 Å². The predicted molar refractivity (Wildman–Crippen MR) is 133 cm³/mol. The van der Waals surface area contributed by atoms with Gasteiger partial charge in [-0.15, -0.1) is 0 Å². The molecular weight excluding hydrogens is 462 g/mol. The standard InChI is InChI=1S/C24H32ClN3O4S/c1-6-17(2)26-24(30)19(4)27(15-20-11-8-7-9-12-20)23(29)16-28(33(5,31)32)22-14-10-13-21(25)18(22)3/h7-14,17,19H,6,15-16H2,1-5H3,(H,26,30)/t17-,19-/m1/s1. The number of carbonyl (C=O) groups excluding carboxylic acids is 2. The lowest BCUT2D eigenvalue weighted by atomic mass is 10.1. The van der Waals surface area contributed by atoms with Crippen molar-refractivity contribution in [2.75, 3.05) is 17.1 Å². The molecular formula is C24H32ClN3O4S. The van der Waals surface area contributed by atoms with E-state index in [4.69, 9.17) is 11.6 Å². The van der Waals surface area contributed by atoms with Crippen molar-refractivity contribution in [1.82, 2.24) is 10.2 Å². The molecule has 7 nitrogen and oxygen atoms in total. The lowest BCUT2D eigenvalue weighted by Crippen LogP contribution is -2.52. The van der Waals surface area contributed by atoms with Gasteiger partial charge in [-0.2, -0.15) is 0 Å². The fourth-order valence-electron chi connectivity index (χ4n) is 3.29. The van der Waals surface area contributed by atoms with Gasteiger partial charge in [0.2, 0.25) is 21.8 Å². The van der Waals surface area contributed by atoms with E-state index in [0.717, 1.165) is 22.5 Å². The summed E-state index contributed by atoms with van der Waals surface area (Å²) < 4.78 is 26.3. The van der Waals surface area contributed by atoms with E-state index < -0.39 is 28.5 Å². The van der Waals surface area contributed by atoms with Crippen LogP contribution in [0, 0.1) is 6.92 Å². The number of hydrogen-bond donors (Lipinski definition) is 1. The summed E-state index contributed by atoms with van der Waals surface area (Å²) in [6, 6.07) is 13.3. The summed E-state index contributed by atoms with van der Waals surface area (Å²) in [5.74, 6) is -0.783. The highest BCUT2D eigenvalue weighted by molar-refractivity contribution is 7.92. The molecule has 0 saturated carbocycles. The second-order valence-electron chi connectivity index (χ2n) is 8.15. The van der Waals surface area contributed by atoms with E-state index in [0.29, 0.717) is 16.3 Å². The van der Waals surface area contributed by atoms with Gasteiger partial charge in [0.1, 0.15) is 12.6 Å². The fourth-order valence-corrected chi connectivity index (χ4v) is 4.36. The first-order valence-corrected chi connectivity index (χ1v) is 13.0. The summed E-state index contributed by atoms with van der Waals surface area (Å²) in [5.41, 5.74) is 1.71. The number of nitrogens with zero attached hydrogens (tertiary/aromatic N) is 2. The highest BCUT2D eigenvalue weighted by Crippen LogP contribution is 2.28. The van der Waals surface area contributed by atoms with Crippen molar-refractivity contribution in [3.05, 3.63) is 64.7 Å². The van der Waals surface area contributed by atoms with E-state index in [1.807, 2.05) is 44.2 Å². The maximum absolute atomic E-state index is 13.5. The van der Waals surface area contributed by atoms with Crippen LogP contribution in [-0.4, -0.2) is 50.0 Å². The smallest absolute Gasteiger partial charge is 0.244 e. The highest BCUT2D eigenvalue weighted by Gasteiger charge is 2.31. The molecule has 0 aromatic heterocycles. The minimum Gasteiger partial charge on any atom is -0.352 e. The molecule has 0 unspecified atom stereocenters. The molecule has 2 atom stereocenters. The molecule has 1 N–H and O–H groups in total. The van der Waals surface area contributed by atoms with Gasteiger partial charge >= 0.3 is 0 Å². The number of amides is 2. The Hall–Kier alpha value is -2.58. The molecule has 0 aliphatic rings. The zero-order chi connectivity index (χ0) is 24.8. The van der Waals surface area contributed by atoms with Crippen LogP contribution in [0.2, 0.25) is 5.02 Å². The summed E-state index contributed by atoms with van der Waals surface area (Å²) in [6.45, 7) is 6.91. The number of carbonyl (C=O) groups is 2. The van der Waals surface area contributed by atoms with Crippen molar-refractivity contribution in [3.63, 3.8) is 0 Å². The average Bonchev–Trinajstić information content (AvgIpc) is 2.77. The highest BCUT2D eigenvalue weighted by atomic mass is 35.5. The van der Waals surface area contributed by atoms with Crippen molar-refractivity contribution >= 4 is 39.1 Å². The number of hydrogen-bond acceptors (Lipinski definition) is 4. The Labute approximate surface area is 201 Å². The Bertz CT molecular complexity index is 1080. The van der Waals surface area contributed by atoms with E-state index in [2.05, 4.69) is 5.32 Å². The van der Waals surface area contributed by atoms with Crippen molar-refractivity contribution in [2.45, 2.75) is 52.7 Å². The van der Waals surface area contributed by atoms with Gasteiger partial charge in [0.25, 0.3) is 0 Å². The normalized spacial score (nSPS) is 13.2. The van der Waals surface area contributed by atoms with Crippen molar-refractivity contribution in [3.8, 4) is 0 Å². The molecule has 0 aliphatic heterocycles. The number of benzene rings is 2. The molecule has 2 amide bonds. The zero-order valence-corrected chi connectivity index (χ0v) is 21.3. The zero-order valence-electron chi connectivity index (χ0n) is 19.7. The molecule has 0 bridgehead atoms. The van der Waals surface area contributed by atoms with E-state index in [9.17, 15) is 18.0 Å². The minimum absolute atomic E-state index is 0.0461. The van der Waals surface area contributed by atoms with Gasteiger partial charge in [0.05, 0.1) is 11.9 Å². The number of anilines is 1. The van der Waals surface area contributed by atoms with Gasteiger partial charge in [0, 0.05) is 17.6 Å². The van der Waals surface area contributed by atoms with Crippen molar-refractivity contribution in [1.29, 1.82) is 0 Å². The van der Waals surface area contributed by atoms with Gasteiger partial charge < -0.3 is 10.2 Å². The molecule has 2 aromatic rings. The topological polar surface area (TPSA) is 86.8 Å². The molecule has 180 valence electrons. The molecule has 0 aliphatic carbocycles. The summed E-state index contributed by atoms with van der Waals surface area (Å²) in [4.78, 5) is 27.7. The van der Waals surface area contributed by atoms with Gasteiger partial charge in [-0.05, 0) is 50.5 Å². The Kier molecular flexibility index (Phi) is 9.31.